The van der Waals surface area contributed by atoms with Crippen LogP contribution in [-0.4, -0.2) is 9.97 Å². The zero-order chi connectivity index (χ0) is 11.9. The predicted octanol–water partition coefficient (Wildman–Crippen LogP) is 2.39. The Hall–Kier alpha value is -2.42. The summed E-state index contributed by atoms with van der Waals surface area (Å²) in [4.78, 5) is 7.80. The first-order valence-corrected chi connectivity index (χ1v) is 6.04. The van der Waals surface area contributed by atoms with Crippen molar-refractivity contribution in [1.82, 2.24) is 9.97 Å². The molecule has 0 saturated carbocycles. The van der Waals surface area contributed by atoms with Crippen molar-refractivity contribution in [1.29, 1.82) is 0 Å². The number of aromatic amines is 1. The van der Waals surface area contributed by atoms with Gasteiger partial charge in [-0.25, -0.2) is 14.5 Å². The molecule has 18 heavy (non-hydrogen) atoms. The van der Waals surface area contributed by atoms with E-state index in [0.29, 0.717) is 0 Å². The third-order valence-electron chi connectivity index (χ3n) is 3.42. The highest BCUT2D eigenvalue weighted by molar-refractivity contribution is 5.61. The molecule has 0 atom stereocenters. The first-order chi connectivity index (χ1) is 8.93. The second kappa shape index (κ2) is 3.53. The van der Waals surface area contributed by atoms with Gasteiger partial charge in [0.15, 0.2) is 11.4 Å². The summed E-state index contributed by atoms with van der Waals surface area (Å²) in [6.45, 7) is 0.895. The second-order valence-electron chi connectivity index (χ2n) is 4.49. The Balaban J connectivity index is 1.91. The van der Waals surface area contributed by atoms with Gasteiger partial charge < -0.3 is 0 Å². The van der Waals surface area contributed by atoms with Crippen LogP contribution in [0.5, 0.6) is 0 Å². The summed E-state index contributed by atoms with van der Waals surface area (Å²) in [7, 11) is 0. The third-order valence-corrected chi connectivity index (χ3v) is 3.42. The van der Waals surface area contributed by atoms with Crippen molar-refractivity contribution in [3.63, 3.8) is 0 Å². The van der Waals surface area contributed by atoms with Crippen LogP contribution in [0, 0.1) is 0 Å². The van der Waals surface area contributed by atoms with E-state index in [1.807, 2.05) is 18.3 Å². The fraction of sp³-hybridized carbons (Fsp3) is 0.0667. The van der Waals surface area contributed by atoms with Gasteiger partial charge in [0, 0.05) is 17.3 Å². The maximum atomic E-state index is 4.46. The molecule has 0 spiro atoms. The molecule has 1 aliphatic rings. The van der Waals surface area contributed by atoms with Gasteiger partial charge in [-0.15, -0.1) is 0 Å². The SMILES string of the molecule is c1ccc(-c2c[nH]c3[n+]2Cc2cccnc2-3)cc1. The smallest absolute Gasteiger partial charge is 0.248 e. The minimum Gasteiger partial charge on any atom is -0.248 e. The summed E-state index contributed by atoms with van der Waals surface area (Å²) >= 11 is 0. The minimum atomic E-state index is 0.895. The van der Waals surface area contributed by atoms with E-state index in [0.717, 1.165) is 18.1 Å². The number of hydrogen-bond acceptors (Lipinski definition) is 1. The molecule has 0 aliphatic carbocycles. The maximum absolute atomic E-state index is 4.46. The Morgan fingerprint density at radius 1 is 1.06 bits per heavy atom. The van der Waals surface area contributed by atoms with Crippen molar-refractivity contribution in [2.24, 2.45) is 0 Å². The number of H-pyrrole nitrogens is 1. The van der Waals surface area contributed by atoms with Crippen molar-refractivity contribution < 1.29 is 4.57 Å². The van der Waals surface area contributed by atoms with E-state index in [2.05, 4.69) is 51.1 Å². The molecule has 0 radical (unpaired) electrons. The van der Waals surface area contributed by atoms with Gasteiger partial charge in [-0.2, -0.15) is 0 Å². The Labute approximate surface area is 105 Å². The Kier molecular flexibility index (Phi) is 1.88. The highest BCUT2D eigenvalue weighted by atomic mass is 15.1. The van der Waals surface area contributed by atoms with Crippen molar-refractivity contribution in [2.75, 3.05) is 0 Å². The normalized spacial score (nSPS) is 12.2. The van der Waals surface area contributed by atoms with Gasteiger partial charge in [-0.1, -0.05) is 36.4 Å². The number of hydrogen-bond donors (Lipinski definition) is 1. The molecule has 0 bridgehead atoms. The summed E-state index contributed by atoms with van der Waals surface area (Å²) in [6.07, 6.45) is 3.90. The van der Waals surface area contributed by atoms with Crippen LogP contribution in [0.15, 0.2) is 54.9 Å². The number of pyridine rings is 1. The molecule has 86 valence electrons. The molecule has 3 aromatic rings. The van der Waals surface area contributed by atoms with Gasteiger partial charge in [0.25, 0.3) is 0 Å². The molecular weight excluding hydrogens is 222 g/mol. The molecule has 2 aromatic heterocycles. The van der Waals surface area contributed by atoms with Crippen LogP contribution >= 0.6 is 0 Å². The van der Waals surface area contributed by atoms with Crippen molar-refractivity contribution in [2.45, 2.75) is 6.54 Å². The summed E-state index contributed by atoms with van der Waals surface area (Å²) in [5.74, 6) is 1.10. The van der Waals surface area contributed by atoms with Gasteiger partial charge in [0.1, 0.15) is 12.7 Å². The lowest BCUT2D eigenvalue weighted by Gasteiger charge is -1.97. The van der Waals surface area contributed by atoms with E-state index in [4.69, 9.17) is 0 Å². The number of rotatable bonds is 1. The van der Waals surface area contributed by atoms with Crippen LogP contribution < -0.4 is 4.57 Å². The number of fused-ring (bicyclic) bond motifs is 3. The summed E-state index contributed by atoms with van der Waals surface area (Å²) < 4.78 is 2.28. The van der Waals surface area contributed by atoms with Crippen molar-refractivity contribution in [3.05, 3.63) is 60.4 Å². The zero-order valence-electron chi connectivity index (χ0n) is 9.80. The van der Waals surface area contributed by atoms with Gasteiger partial charge in [-0.05, 0) is 6.07 Å². The molecule has 0 fully saturated rings. The monoisotopic (exact) mass is 234 g/mol. The Morgan fingerprint density at radius 2 is 1.94 bits per heavy atom. The average molecular weight is 234 g/mol. The van der Waals surface area contributed by atoms with E-state index in [1.54, 1.807) is 0 Å². The van der Waals surface area contributed by atoms with Crippen LogP contribution in [0.4, 0.5) is 0 Å². The average Bonchev–Trinajstić information content (AvgIpc) is 2.98. The minimum absolute atomic E-state index is 0.895. The number of aromatic nitrogens is 3. The van der Waals surface area contributed by atoms with Crippen LogP contribution in [0.1, 0.15) is 5.56 Å². The molecule has 1 aromatic carbocycles. The molecule has 3 nitrogen and oxygen atoms in total. The number of nitrogens with zero attached hydrogens (tertiary/aromatic N) is 2. The maximum Gasteiger partial charge on any atom is 0.306 e. The van der Waals surface area contributed by atoms with E-state index in [1.165, 1.54) is 16.8 Å². The van der Waals surface area contributed by atoms with Crippen LogP contribution in [0.2, 0.25) is 0 Å². The zero-order valence-corrected chi connectivity index (χ0v) is 9.80. The van der Waals surface area contributed by atoms with Crippen LogP contribution in [-0.2, 0) is 6.54 Å². The van der Waals surface area contributed by atoms with Gasteiger partial charge >= 0.3 is 5.82 Å². The van der Waals surface area contributed by atoms with E-state index in [-0.39, 0.29) is 0 Å². The fourth-order valence-electron chi connectivity index (χ4n) is 2.57. The molecule has 0 unspecified atom stereocenters. The molecule has 1 N–H and O–H groups in total. The van der Waals surface area contributed by atoms with Crippen molar-refractivity contribution in [3.8, 4) is 22.8 Å². The molecule has 3 heterocycles. The molecule has 0 saturated heterocycles. The van der Waals surface area contributed by atoms with E-state index >= 15 is 0 Å². The Morgan fingerprint density at radius 3 is 2.83 bits per heavy atom. The molecule has 1 aliphatic heterocycles. The molecule has 3 heteroatoms. The summed E-state index contributed by atoms with van der Waals surface area (Å²) in [5, 5.41) is 0. The first kappa shape index (κ1) is 9.59. The second-order valence-corrected chi connectivity index (χ2v) is 4.49. The lowest BCUT2D eigenvalue weighted by Crippen LogP contribution is -2.32. The van der Waals surface area contributed by atoms with Crippen LogP contribution in [0.3, 0.4) is 0 Å². The quantitative estimate of drug-likeness (QED) is 0.504. The van der Waals surface area contributed by atoms with E-state index < -0.39 is 0 Å². The number of imidazole rings is 1. The summed E-state index contributed by atoms with van der Waals surface area (Å²) in [6, 6.07) is 14.6. The number of nitrogens with one attached hydrogen (secondary N) is 1. The lowest BCUT2D eigenvalue weighted by molar-refractivity contribution is -0.659. The third kappa shape index (κ3) is 1.24. The van der Waals surface area contributed by atoms with Gasteiger partial charge in [-0.3, -0.25) is 0 Å². The van der Waals surface area contributed by atoms with E-state index in [9.17, 15) is 0 Å². The largest absolute Gasteiger partial charge is 0.306 e. The van der Waals surface area contributed by atoms with Gasteiger partial charge in [0.05, 0.1) is 0 Å². The molecular formula is C15H12N3+. The topological polar surface area (TPSA) is 32.6 Å². The first-order valence-electron chi connectivity index (χ1n) is 6.04. The number of benzene rings is 1. The Bertz CT molecular complexity index is 714. The highest BCUT2D eigenvalue weighted by Gasteiger charge is 2.30. The molecule has 4 rings (SSSR count). The standard InChI is InChI=1S/C15H11N3/c1-2-5-11(6-3-1)13-9-17-15-14-12(10-18(13)15)7-4-8-16-14/h1-9H,10H2/p+1. The van der Waals surface area contributed by atoms with Crippen molar-refractivity contribution >= 4 is 0 Å². The lowest BCUT2D eigenvalue weighted by atomic mass is 10.1. The highest BCUT2D eigenvalue weighted by Crippen LogP contribution is 2.26. The van der Waals surface area contributed by atoms with Gasteiger partial charge in [0.2, 0.25) is 0 Å². The fourth-order valence-corrected chi connectivity index (χ4v) is 2.57. The predicted molar refractivity (Wildman–Crippen MR) is 68.8 cm³/mol. The van der Waals surface area contributed by atoms with Crippen LogP contribution in [0.25, 0.3) is 22.8 Å². The summed E-state index contributed by atoms with van der Waals surface area (Å²) in [5.41, 5.74) is 4.79. The molecule has 0 amide bonds.